The minimum Gasteiger partial charge on any atom is -0.454 e. The molecule has 4 nitrogen and oxygen atoms in total. The fourth-order valence-corrected chi connectivity index (χ4v) is 3.06. The third-order valence-corrected chi connectivity index (χ3v) is 4.35. The van der Waals surface area contributed by atoms with Crippen molar-refractivity contribution in [2.75, 3.05) is 6.79 Å². The van der Waals surface area contributed by atoms with Crippen molar-refractivity contribution in [2.24, 2.45) is 0 Å². The Labute approximate surface area is 142 Å². The van der Waals surface area contributed by atoms with Crippen LogP contribution in [0.3, 0.4) is 0 Å². The van der Waals surface area contributed by atoms with Gasteiger partial charge in [0, 0.05) is 6.42 Å². The van der Waals surface area contributed by atoms with Crippen LogP contribution in [0.5, 0.6) is 11.5 Å². The monoisotopic (exact) mass is 325 g/mol. The molecular formula is C20H23NO3. The third kappa shape index (κ3) is 3.70. The summed E-state index contributed by atoms with van der Waals surface area (Å²) in [4.78, 5) is 12.2. The Balaban J connectivity index is 1.55. The summed E-state index contributed by atoms with van der Waals surface area (Å²) < 4.78 is 10.7. The van der Waals surface area contributed by atoms with Crippen molar-refractivity contribution in [2.45, 2.75) is 39.7 Å². The molecule has 2 aromatic rings. The first-order valence-electron chi connectivity index (χ1n) is 8.28. The SMILES string of the molecule is Cc1ccc(C(C)NC(=O)CCc2ccc3c(c2)OCO3)c(C)c1. The van der Waals surface area contributed by atoms with E-state index in [9.17, 15) is 4.79 Å². The minimum atomic E-state index is 0.00912. The molecule has 1 aliphatic rings. The van der Waals surface area contributed by atoms with Crippen LogP contribution in [0.1, 0.15) is 41.6 Å². The number of rotatable bonds is 5. The van der Waals surface area contributed by atoms with Crippen LogP contribution < -0.4 is 14.8 Å². The topological polar surface area (TPSA) is 47.6 Å². The number of benzene rings is 2. The van der Waals surface area contributed by atoms with E-state index in [0.29, 0.717) is 12.8 Å². The lowest BCUT2D eigenvalue weighted by molar-refractivity contribution is -0.121. The predicted molar refractivity (Wildman–Crippen MR) is 93.4 cm³/mol. The van der Waals surface area contributed by atoms with Gasteiger partial charge in [-0.3, -0.25) is 4.79 Å². The molecule has 0 bridgehead atoms. The highest BCUT2D eigenvalue weighted by atomic mass is 16.7. The summed E-state index contributed by atoms with van der Waals surface area (Å²) in [6.45, 7) is 6.45. The molecule has 3 rings (SSSR count). The number of aryl methyl sites for hydroxylation is 3. The minimum absolute atomic E-state index is 0.00912. The van der Waals surface area contributed by atoms with Gasteiger partial charge < -0.3 is 14.8 Å². The van der Waals surface area contributed by atoms with E-state index in [4.69, 9.17) is 9.47 Å². The summed E-state index contributed by atoms with van der Waals surface area (Å²) >= 11 is 0. The molecule has 1 aliphatic heterocycles. The first-order chi connectivity index (χ1) is 11.5. The van der Waals surface area contributed by atoms with Crippen LogP contribution in [0.15, 0.2) is 36.4 Å². The van der Waals surface area contributed by atoms with Crippen LogP contribution in [0.4, 0.5) is 0 Å². The lowest BCUT2D eigenvalue weighted by Gasteiger charge is -2.17. The standard InChI is InChI=1S/C20H23NO3/c1-13-4-7-17(14(2)10-13)15(3)21-20(22)9-6-16-5-8-18-19(11-16)24-12-23-18/h4-5,7-8,10-11,15H,6,9,12H2,1-3H3,(H,21,22). The molecule has 24 heavy (non-hydrogen) atoms. The van der Waals surface area contributed by atoms with Gasteiger partial charge in [-0.15, -0.1) is 0 Å². The normalized spacial score (nSPS) is 13.6. The lowest BCUT2D eigenvalue weighted by atomic mass is 10.00. The summed E-state index contributed by atoms with van der Waals surface area (Å²) in [6, 6.07) is 12.1. The van der Waals surface area contributed by atoms with Gasteiger partial charge in [0.1, 0.15) is 0 Å². The van der Waals surface area contributed by atoms with Crippen LogP contribution in [0.25, 0.3) is 0 Å². The van der Waals surface area contributed by atoms with Crippen LogP contribution in [0.2, 0.25) is 0 Å². The smallest absolute Gasteiger partial charge is 0.231 e. The fourth-order valence-electron chi connectivity index (χ4n) is 3.06. The van der Waals surface area contributed by atoms with Gasteiger partial charge >= 0.3 is 0 Å². The molecule has 0 spiro atoms. The zero-order valence-electron chi connectivity index (χ0n) is 14.4. The molecule has 1 N–H and O–H groups in total. The van der Waals surface area contributed by atoms with Gasteiger partial charge in [-0.1, -0.05) is 29.8 Å². The summed E-state index contributed by atoms with van der Waals surface area (Å²) in [5.41, 5.74) is 4.68. The van der Waals surface area contributed by atoms with Crippen molar-refractivity contribution in [3.63, 3.8) is 0 Å². The Morgan fingerprint density at radius 2 is 1.92 bits per heavy atom. The Hall–Kier alpha value is -2.49. The first kappa shape index (κ1) is 16.4. The van der Waals surface area contributed by atoms with Gasteiger partial charge in [-0.25, -0.2) is 0 Å². The average Bonchev–Trinajstić information content (AvgIpc) is 3.00. The molecule has 0 fully saturated rings. The summed E-state index contributed by atoms with van der Waals surface area (Å²) in [6.07, 6.45) is 1.14. The van der Waals surface area contributed by atoms with E-state index < -0.39 is 0 Å². The van der Waals surface area contributed by atoms with Gasteiger partial charge in [0.15, 0.2) is 11.5 Å². The van der Waals surface area contributed by atoms with Crippen LogP contribution in [0, 0.1) is 13.8 Å². The molecule has 0 aromatic heterocycles. The zero-order valence-corrected chi connectivity index (χ0v) is 14.4. The quantitative estimate of drug-likeness (QED) is 0.908. The Bertz CT molecular complexity index is 755. The van der Waals surface area contributed by atoms with Crippen molar-refractivity contribution in [1.29, 1.82) is 0 Å². The zero-order chi connectivity index (χ0) is 17.1. The number of carbonyl (C=O) groups is 1. The number of hydrogen-bond donors (Lipinski definition) is 1. The van der Waals surface area contributed by atoms with E-state index in [1.54, 1.807) is 0 Å². The second-order valence-electron chi connectivity index (χ2n) is 6.34. The number of fused-ring (bicyclic) bond motifs is 1. The number of carbonyl (C=O) groups excluding carboxylic acids is 1. The van der Waals surface area contributed by atoms with Crippen molar-refractivity contribution in [3.05, 3.63) is 58.7 Å². The molecule has 0 saturated heterocycles. The summed E-state index contributed by atoms with van der Waals surface area (Å²) in [5.74, 6) is 1.59. The Kier molecular flexibility index (Phi) is 4.74. The number of hydrogen-bond acceptors (Lipinski definition) is 3. The average molecular weight is 325 g/mol. The molecule has 4 heteroatoms. The molecule has 0 aliphatic carbocycles. The van der Waals surface area contributed by atoms with Crippen LogP contribution in [-0.4, -0.2) is 12.7 Å². The summed E-state index contributed by atoms with van der Waals surface area (Å²) in [5, 5.41) is 3.08. The van der Waals surface area contributed by atoms with Crippen molar-refractivity contribution in [3.8, 4) is 11.5 Å². The van der Waals surface area contributed by atoms with Gasteiger partial charge in [0.2, 0.25) is 12.7 Å². The molecule has 1 amide bonds. The Morgan fingerprint density at radius 1 is 1.12 bits per heavy atom. The van der Waals surface area contributed by atoms with E-state index in [-0.39, 0.29) is 18.7 Å². The van der Waals surface area contributed by atoms with Crippen molar-refractivity contribution >= 4 is 5.91 Å². The van der Waals surface area contributed by atoms with Crippen LogP contribution >= 0.6 is 0 Å². The molecule has 2 aromatic carbocycles. The molecular weight excluding hydrogens is 302 g/mol. The summed E-state index contributed by atoms with van der Waals surface area (Å²) in [7, 11) is 0. The maximum atomic E-state index is 12.2. The third-order valence-electron chi connectivity index (χ3n) is 4.35. The van der Waals surface area contributed by atoms with Gasteiger partial charge in [-0.2, -0.15) is 0 Å². The molecule has 0 saturated carbocycles. The first-order valence-corrected chi connectivity index (χ1v) is 8.28. The van der Waals surface area contributed by atoms with E-state index in [2.05, 4.69) is 37.4 Å². The van der Waals surface area contributed by atoms with E-state index in [1.807, 2.05) is 25.1 Å². The van der Waals surface area contributed by atoms with E-state index >= 15 is 0 Å². The highest BCUT2D eigenvalue weighted by Crippen LogP contribution is 2.32. The molecule has 0 radical (unpaired) electrons. The Morgan fingerprint density at radius 3 is 2.71 bits per heavy atom. The molecule has 126 valence electrons. The van der Waals surface area contributed by atoms with E-state index in [1.165, 1.54) is 11.1 Å². The number of amides is 1. The molecule has 1 atom stereocenters. The second-order valence-corrected chi connectivity index (χ2v) is 6.34. The van der Waals surface area contributed by atoms with Crippen molar-refractivity contribution < 1.29 is 14.3 Å². The highest BCUT2D eigenvalue weighted by Gasteiger charge is 2.15. The second kappa shape index (κ2) is 6.95. The van der Waals surface area contributed by atoms with Gasteiger partial charge in [-0.05, 0) is 56.0 Å². The highest BCUT2D eigenvalue weighted by molar-refractivity contribution is 5.76. The maximum Gasteiger partial charge on any atom is 0.231 e. The maximum absolute atomic E-state index is 12.2. The molecule has 1 unspecified atom stereocenters. The largest absolute Gasteiger partial charge is 0.454 e. The van der Waals surface area contributed by atoms with Gasteiger partial charge in [0.05, 0.1) is 6.04 Å². The van der Waals surface area contributed by atoms with Gasteiger partial charge in [0.25, 0.3) is 0 Å². The van der Waals surface area contributed by atoms with E-state index in [0.717, 1.165) is 22.6 Å². The van der Waals surface area contributed by atoms with Crippen LogP contribution in [-0.2, 0) is 11.2 Å². The number of ether oxygens (including phenoxy) is 2. The fraction of sp³-hybridized carbons (Fsp3) is 0.350. The molecule has 1 heterocycles. The van der Waals surface area contributed by atoms with Crippen molar-refractivity contribution in [1.82, 2.24) is 5.32 Å². The lowest BCUT2D eigenvalue weighted by Crippen LogP contribution is -2.27. The predicted octanol–water partition coefficient (Wildman–Crippen LogP) is 3.84. The number of nitrogens with one attached hydrogen (secondary N) is 1.